The average Bonchev–Trinajstić information content (AvgIpc) is 2.76. The second kappa shape index (κ2) is 10.2. The van der Waals surface area contributed by atoms with Crippen molar-refractivity contribution >= 4 is 23.3 Å². The van der Waals surface area contributed by atoms with E-state index in [1.165, 1.54) is 0 Å². The smallest absolute Gasteiger partial charge is 0.304 e. The maximum absolute atomic E-state index is 12.4. The summed E-state index contributed by atoms with van der Waals surface area (Å²) in [4.78, 5) is 27.8. The number of hydrogen-bond donors (Lipinski definition) is 3. The van der Waals surface area contributed by atoms with Gasteiger partial charge >= 0.3 is 5.97 Å². The highest BCUT2D eigenvalue weighted by Gasteiger charge is 2.22. The van der Waals surface area contributed by atoms with Crippen LogP contribution in [0.2, 0.25) is 0 Å². The number of carbonyl (C=O) groups excluding carboxylic acids is 1. The number of carbonyl (C=O) groups is 2. The van der Waals surface area contributed by atoms with Crippen LogP contribution in [0.4, 0.5) is 5.69 Å². The van der Waals surface area contributed by atoms with Crippen molar-refractivity contribution in [1.82, 2.24) is 4.98 Å². The number of aromatic nitrogens is 1. The molecule has 0 radical (unpaired) electrons. The summed E-state index contributed by atoms with van der Waals surface area (Å²) in [6, 6.07) is 17.6. The van der Waals surface area contributed by atoms with Crippen LogP contribution < -0.4 is 5.32 Å². The quantitative estimate of drug-likeness (QED) is 0.290. The number of anilines is 1. The topological polar surface area (TPSA) is 112 Å². The molecular weight excluding hydrogens is 394 g/mol. The molecule has 0 aliphatic rings. The Bertz CT molecular complexity index is 1060. The molecule has 3 rings (SSSR count). The molecule has 7 nitrogen and oxygen atoms in total. The summed E-state index contributed by atoms with van der Waals surface area (Å²) < 4.78 is 0. The van der Waals surface area contributed by atoms with E-state index in [9.17, 15) is 19.9 Å². The summed E-state index contributed by atoms with van der Waals surface area (Å²) in [5.41, 5.74) is 3.88. The molecule has 31 heavy (non-hydrogen) atoms. The molecule has 1 heterocycles. The van der Waals surface area contributed by atoms with Crippen LogP contribution in [-0.2, 0) is 11.2 Å². The molecule has 3 N–H and O–H groups in total. The van der Waals surface area contributed by atoms with Crippen LogP contribution >= 0.6 is 0 Å². The van der Waals surface area contributed by atoms with E-state index in [1.54, 1.807) is 54.9 Å². The summed E-state index contributed by atoms with van der Waals surface area (Å²) in [6.45, 7) is 1.95. The van der Waals surface area contributed by atoms with E-state index < -0.39 is 11.9 Å². The monoisotopic (exact) mass is 417 g/mol. The van der Waals surface area contributed by atoms with Crippen molar-refractivity contribution in [3.05, 3.63) is 95.3 Å². The van der Waals surface area contributed by atoms with Gasteiger partial charge in [0.1, 0.15) is 0 Å². The van der Waals surface area contributed by atoms with Crippen molar-refractivity contribution in [2.75, 3.05) is 5.32 Å². The number of pyridine rings is 1. The fourth-order valence-corrected chi connectivity index (χ4v) is 3.29. The van der Waals surface area contributed by atoms with E-state index in [2.05, 4.69) is 15.5 Å². The minimum Gasteiger partial charge on any atom is -0.481 e. The Hall–Kier alpha value is -4.00. The van der Waals surface area contributed by atoms with E-state index in [0.29, 0.717) is 23.2 Å². The van der Waals surface area contributed by atoms with Crippen molar-refractivity contribution in [3.63, 3.8) is 0 Å². The Morgan fingerprint density at radius 2 is 1.71 bits per heavy atom. The molecule has 0 bridgehead atoms. The second-order valence-corrected chi connectivity index (χ2v) is 7.24. The number of rotatable bonds is 8. The van der Waals surface area contributed by atoms with Gasteiger partial charge in [0.05, 0.1) is 12.1 Å². The Morgan fingerprint density at radius 3 is 2.29 bits per heavy atom. The fraction of sp³-hybridized carbons (Fsp3) is 0.167. The molecule has 1 amide bonds. The Kier molecular flexibility index (Phi) is 7.11. The van der Waals surface area contributed by atoms with Gasteiger partial charge in [-0.1, -0.05) is 41.1 Å². The Morgan fingerprint density at radius 1 is 1.03 bits per heavy atom. The number of oxime groups is 1. The zero-order valence-electron chi connectivity index (χ0n) is 17.0. The lowest BCUT2D eigenvalue weighted by Crippen LogP contribution is -2.22. The lowest BCUT2D eigenvalue weighted by molar-refractivity contribution is -0.137. The third kappa shape index (κ3) is 5.99. The van der Waals surface area contributed by atoms with Gasteiger partial charge in [-0.25, -0.2) is 0 Å². The van der Waals surface area contributed by atoms with Crippen LogP contribution in [0.25, 0.3) is 0 Å². The number of nitrogens with one attached hydrogen (secondary N) is 1. The zero-order chi connectivity index (χ0) is 22.2. The van der Waals surface area contributed by atoms with Crippen molar-refractivity contribution in [3.8, 4) is 0 Å². The van der Waals surface area contributed by atoms with Gasteiger partial charge in [0.2, 0.25) is 0 Å². The van der Waals surface area contributed by atoms with Gasteiger partial charge in [0.25, 0.3) is 5.91 Å². The average molecular weight is 417 g/mol. The van der Waals surface area contributed by atoms with Crippen LogP contribution in [0.3, 0.4) is 0 Å². The van der Waals surface area contributed by atoms with Crippen molar-refractivity contribution in [2.24, 2.45) is 11.1 Å². The highest BCUT2D eigenvalue weighted by atomic mass is 16.4. The van der Waals surface area contributed by atoms with Crippen LogP contribution in [-0.4, -0.2) is 32.9 Å². The molecule has 0 saturated heterocycles. The Labute approximate surface area is 180 Å². The molecule has 0 saturated carbocycles. The first-order chi connectivity index (χ1) is 15.0. The van der Waals surface area contributed by atoms with Crippen LogP contribution in [0, 0.1) is 12.8 Å². The normalized spacial score (nSPS) is 12.2. The first-order valence-corrected chi connectivity index (χ1v) is 9.77. The predicted octanol–water partition coefficient (Wildman–Crippen LogP) is 4.15. The van der Waals surface area contributed by atoms with E-state index in [0.717, 1.165) is 11.1 Å². The molecule has 0 fully saturated rings. The fourth-order valence-electron chi connectivity index (χ4n) is 3.29. The van der Waals surface area contributed by atoms with E-state index in [4.69, 9.17) is 0 Å². The van der Waals surface area contributed by atoms with Crippen molar-refractivity contribution in [1.29, 1.82) is 0 Å². The van der Waals surface area contributed by atoms with E-state index >= 15 is 0 Å². The molecule has 158 valence electrons. The minimum atomic E-state index is -0.989. The lowest BCUT2D eigenvalue weighted by atomic mass is 9.88. The number of aliphatic carboxylic acids is 1. The SMILES string of the molecule is Cc1ccc(C(=O)Nc2ccc(C(=NO)C(CC(=O)O)Cc3cccnc3)cc2)cc1. The van der Waals surface area contributed by atoms with E-state index in [-0.39, 0.29) is 18.0 Å². The third-order valence-corrected chi connectivity index (χ3v) is 4.87. The summed E-state index contributed by atoms with van der Waals surface area (Å²) in [5.74, 6) is -1.76. The summed E-state index contributed by atoms with van der Waals surface area (Å²) in [6.07, 6.45) is 3.47. The number of aryl methyl sites for hydroxylation is 1. The van der Waals surface area contributed by atoms with Gasteiger partial charge in [0.15, 0.2) is 0 Å². The number of benzene rings is 2. The minimum absolute atomic E-state index is 0.194. The van der Waals surface area contributed by atoms with Gasteiger partial charge in [-0.05, 0) is 54.8 Å². The largest absolute Gasteiger partial charge is 0.481 e. The summed E-state index contributed by atoms with van der Waals surface area (Å²) in [7, 11) is 0. The molecule has 0 aliphatic carbocycles. The Balaban J connectivity index is 1.76. The number of carboxylic acid groups (broad SMARTS) is 1. The lowest BCUT2D eigenvalue weighted by Gasteiger charge is -2.17. The highest BCUT2D eigenvalue weighted by molar-refractivity contribution is 6.06. The zero-order valence-corrected chi connectivity index (χ0v) is 17.0. The van der Waals surface area contributed by atoms with Crippen molar-refractivity contribution < 1.29 is 19.9 Å². The molecule has 1 atom stereocenters. The summed E-state index contributed by atoms with van der Waals surface area (Å²) in [5, 5.41) is 25.2. The highest BCUT2D eigenvalue weighted by Crippen LogP contribution is 2.21. The van der Waals surface area contributed by atoms with Gasteiger partial charge in [-0.3, -0.25) is 14.6 Å². The van der Waals surface area contributed by atoms with Crippen molar-refractivity contribution in [2.45, 2.75) is 19.8 Å². The molecule has 3 aromatic rings. The number of carboxylic acids is 1. The molecule has 7 heteroatoms. The van der Waals surface area contributed by atoms with Gasteiger partial charge in [0, 0.05) is 29.6 Å². The molecule has 2 aromatic carbocycles. The van der Waals surface area contributed by atoms with Crippen LogP contribution in [0.1, 0.15) is 33.5 Å². The summed E-state index contributed by atoms with van der Waals surface area (Å²) >= 11 is 0. The first kappa shape index (κ1) is 21.7. The number of hydrogen-bond acceptors (Lipinski definition) is 5. The maximum Gasteiger partial charge on any atom is 0.304 e. The molecule has 0 aliphatic heterocycles. The number of nitrogens with zero attached hydrogens (tertiary/aromatic N) is 2. The van der Waals surface area contributed by atoms with Gasteiger partial charge < -0.3 is 15.6 Å². The van der Waals surface area contributed by atoms with Gasteiger partial charge in [-0.15, -0.1) is 0 Å². The number of amides is 1. The molecule has 1 unspecified atom stereocenters. The molecule has 0 spiro atoms. The van der Waals surface area contributed by atoms with Crippen LogP contribution in [0.15, 0.2) is 78.2 Å². The first-order valence-electron chi connectivity index (χ1n) is 9.77. The standard InChI is InChI=1S/C24H23N3O4/c1-16-4-6-19(7-5-16)24(30)26-21-10-8-18(9-11-21)23(27-31)20(14-22(28)29)13-17-3-2-12-25-15-17/h2-12,15,20,31H,13-14H2,1H3,(H,26,30)(H,28,29). The van der Waals surface area contributed by atoms with Crippen LogP contribution in [0.5, 0.6) is 0 Å². The molecule has 1 aromatic heterocycles. The van der Waals surface area contributed by atoms with E-state index in [1.807, 2.05) is 25.1 Å². The maximum atomic E-state index is 12.4. The third-order valence-electron chi connectivity index (χ3n) is 4.87. The predicted molar refractivity (Wildman–Crippen MR) is 118 cm³/mol. The van der Waals surface area contributed by atoms with Gasteiger partial charge in [-0.2, -0.15) is 0 Å². The second-order valence-electron chi connectivity index (χ2n) is 7.24. The molecular formula is C24H23N3O4.